The van der Waals surface area contributed by atoms with Gasteiger partial charge in [-0.2, -0.15) is 0 Å². The minimum Gasteiger partial charge on any atom is -0.480 e. The van der Waals surface area contributed by atoms with Gasteiger partial charge in [0.15, 0.2) is 0 Å². The number of rotatable bonds is 6. The summed E-state index contributed by atoms with van der Waals surface area (Å²) < 4.78 is 24.3. The van der Waals surface area contributed by atoms with Gasteiger partial charge in [0.2, 0.25) is 10.0 Å². The van der Waals surface area contributed by atoms with Crippen LogP contribution in [0.5, 0.6) is 0 Å². The Morgan fingerprint density at radius 3 is 2.46 bits per heavy atom. The number of unbranched alkanes of at least 4 members (excludes halogenated alkanes) is 1. The van der Waals surface area contributed by atoms with E-state index in [-0.39, 0.29) is 5.75 Å². The second kappa shape index (κ2) is 5.18. The summed E-state index contributed by atoms with van der Waals surface area (Å²) in [6.07, 6.45) is 1.31. The Morgan fingerprint density at radius 1 is 1.54 bits per heavy atom. The maximum atomic E-state index is 11.1. The van der Waals surface area contributed by atoms with Gasteiger partial charge in [-0.3, -0.25) is 4.79 Å². The van der Waals surface area contributed by atoms with Gasteiger partial charge in [-0.05, 0) is 13.3 Å². The minimum absolute atomic E-state index is 0.0128. The molecule has 1 atom stereocenters. The molecule has 0 radical (unpaired) electrons. The average Bonchev–Trinajstić information content (AvgIpc) is 2.00. The third-order valence-electron chi connectivity index (χ3n) is 1.49. The molecule has 0 heterocycles. The zero-order valence-electron chi connectivity index (χ0n) is 7.78. The van der Waals surface area contributed by atoms with Gasteiger partial charge in [0.05, 0.1) is 5.75 Å². The molecule has 0 rings (SSSR count). The van der Waals surface area contributed by atoms with Crippen LogP contribution in [0.3, 0.4) is 0 Å². The van der Waals surface area contributed by atoms with Crippen molar-refractivity contribution in [2.24, 2.45) is 0 Å². The topological polar surface area (TPSA) is 83.5 Å². The third-order valence-corrected chi connectivity index (χ3v) is 3.03. The molecule has 0 spiro atoms. The van der Waals surface area contributed by atoms with Gasteiger partial charge in [-0.15, -0.1) is 0 Å². The highest BCUT2D eigenvalue weighted by atomic mass is 32.2. The summed E-state index contributed by atoms with van der Waals surface area (Å²) in [6, 6.07) is -1.05. The largest absolute Gasteiger partial charge is 0.480 e. The van der Waals surface area contributed by atoms with E-state index < -0.39 is 22.0 Å². The van der Waals surface area contributed by atoms with E-state index in [2.05, 4.69) is 4.72 Å². The number of sulfonamides is 1. The molecule has 6 heteroatoms. The molecule has 5 nitrogen and oxygen atoms in total. The Kier molecular flexibility index (Phi) is 4.94. The Morgan fingerprint density at radius 2 is 2.08 bits per heavy atom. The molecule has 0 fully saturated rings. The standard InChI is InChI=1S/C7H15NO4S/c1-3-4-5-13(11,12)8-6(2)7(9)10/h6,8H,3-5H2,1-2H3,(H,9,10). The van der Waals surface area contributed by atoms with Crippen LogP contribution in [-0.4, -0.2) is 31.3 Å². The molecule has 78 valence electrons. The van der Waals surface area contributed by atoms with Gasteiger partial charge in [0, 0.05) is 0 Å². The summed E-state index contributed by atoms with van der Waals surface area (Å²) in [4.78, 5) is 10.3. The molecule has 0 saturated heterocycles. The maximum Gasteiger partial charge on any atom is 0.321 e. The predicted molar refractivity (Wildman–Crippen MR) is 48.9 cm³/mol. The van der Waals surface area contributed by atoms with Crippen molar-refractivity contribution in [1.29, 1.82) is 0 Å². The van der Waals surface area contributed by atoms with Crippen LogP contribution in [-0.2, 0) is 14.8 Å². The Labute approximate surface area is 78.2 Å². The lowest BCUT2D eigenvalue weighted by Crippen LogP contribution is -2.39. The molecule has 0 amide bonds. The average molecular weight is 209 g/mol. The smallest absolute Gasteiger partial charge is 0.321 e. The van der Waals surface area contributed by atoms with Crippen molar-refractivity contribution in [3.63, 3.8) is 0 Å². The van der Waals surface area contributed by atoms with E-state index in [1.165, 1.54) is 6.92 Å². The highest BCUT2D eigenvalue weighted by Crippen LogP contribution is 1.95. The van der Waals surface area contributed by atoms with Crippen LogP contribution in [0.4, 0.5) is 0 Å². The van der Waals surface area contributed by atoms with Crippen molar-refractivity contribution in [3.8, 4) is 0 Å². The normalized spacial score (nSPS) is 14.0. The molecule has 1 unspecified atom stereocenters. The predicted octanol–water partition coefficient (Wildman–Crippen LogP) is 0.179. The highest BCUT2D eigenvalue weighted by Gasteiger charge is 2.18. The van der Waals surface area contributed by atoms with Gasteiger partial charge in [-0.1, -0.05) is 13.3 Å². The summed E-state index contributed by atoms with van der Waals surface area (Å²) in [5, 5.41) is 8.44. The van der Waals surface area contributed by atoms with Crippen LogP contribution in [0.2, 0.25) is 0 Å². The number of carboxylic acid groups (broad SMARTS) is 1. The fourth-order valence-corrected chi connectivity index (χ4v) is 2.14. The summed E-state index contributed by atoms with van der Waals surface area (Å²) in [5.41, 5.74) is 0. The first-order chi connectivity index (χ1) is 5.89. The maximum absolute atomic E-state index is 11.1. The molecule has 0 aliphatic heterocycles. The number of hydrogen-bond donors (Lipinski definition) is 2. The fraction of sp³-hybridized carbons (Fsp3) is 0.857. The van der Waals surface area contributed by atoms with Crippen LogP contribution in [0.15, 0.2) is 0 Å². The first-order valence-electron chi connectivity index (χ1n) is 4.12. The molecule has 0 aliphatic carbocycles. The van der Waals surface area contributed by atoms with Crippen LogP contribution in [0, 0.1) is 0 Å². The number of carboxylic acids is 1. The second-order valence-corrected chi connectivity index (χ2v) is 4.72. The van der Waals surface area contributed by atoms with E-state index in [9.17, 15) is 13.2 Å². The number of nitrogens with one attached hydrogen (secondary N) is 1. The van der Waals surface area contributed by atoms with Gasteiger partial charge < -0.3 is 5.11 Å². The molecule has 0 bridgehead atoms. The molecule has 2 N–H and O–H groups in total. The lowest BCUT2D eigenvalue weighted by Gasteiger charge is -2.09. The zero-order valence-corrected chi connectivity index (χ0v) is 8.60. The highest BCUT2D eigenvalue weighted by molar-refractivity contribution is 7.89. The van der Waals surface area contributed by atoms with Gasteiger partial charge in [0.25, 0.3) is 0 Å². The molecule has 0 aromatic carbocycles. The molecule has 0 saturated carbocycles. The van der Waals surface area contributed by atoms with E-state index in [1.807, 2.05) is 6.92 Å². The first kappa shape index (κ1) is 12.4. The Bertz CT molecular complexity index is 260. The SMILES string of the molecule is CCCCS(=O)(=O)NC(C)C(=O)O. The van der Waals surface area contributed by atoms with E-state index in [4.69, 9.17) is 5.11 Å². The van der Waals surface area contributed by atoms with E-state index in [0.29, 0.717) is 6.42 Å². The molecular weight excluding hydrogens is 194 g/mol. The second-order valence-electron chi connectivity index (χ2n) is 2.85. The van der Waals surface area contributed by atoms with Crippen molar-refractivity contribution in [2.45, 2.75) is 32.7 Å². The summed E-state index contributed by atoms with van der Waals surface area (Å²) in [6.45, 7) is 3.17. The Balaban J connectivity index is 4.10. The molecule has 13 heavy (non-hydrogen) atoms. The molecule has 0 aromatic rings. The van der Waals surface area contributed by atoms with Crippen molar-refractivity contribution < 1.29 is 18.3 Å². The van der Waals surface area contributed by atoms with E-state index >= 15 is 0 Å². The molecule has 0 aliphatic rings. The summed E-state index contributed by atoms with van der Waals surface area (Å²) in [5.74, 6) is -1.18. The van der Waals surface area contributed by atoms with Crippen molar-refractivity contribution in [1.82, 2.24) is 4.72 Å². The monoisotopic (exact) mass is 209 g/mol. The van der Waals surface area contributed by atoms with Crippen molar-refractivity contribution in [2.75, 3.05) is 5.75 Å². The van der Waals surface area contributed by atoms with Crippen LogP contribution < -0.4 is 4.72 Å². The van der Waals surface area contributed by atoms with Crippen LogP contribution >= 0.6 is 0 Å². The third kappa shape index (κ3) is 5.59. The fourth-order valence-electron chi connectivity index (χ4n) is 0.713. The van der Waals surface area contributed by atoms with E-state index in [0.717, 1.165) is 6.42 Å². The van der Waals surface area contributed by atoms with E-state index in [1.54, 1.807) is 0 Å². The Hall–Kier alpha value is -0.620. The zero-order chi connectivity index (χ0) is 10.5. The van der Waals surface area contributed by atoms with Crippen LogP contribution in [0.1, 0.15) is 26.7 Å². The van der Waals surface area contributed by atoms with Gasteiger partial charge in [0.1, 0.15) is 6.04 Å². The lowest BCUT2D eigenvalue weighted by molar-refractivity contribution is -0.138. The van der Waals surface area contributed by atoms with Crippen molar-refractivity contribution >= 4 is 16.0 Å². The first-order valence-corrected chi connectivity index (χ1v) is 5.77. The number of carbonyl (C=O) groups is 1. The quantitative estimate of drug-likeness (QED) is 0.653. The van der Waals surface area contributed by atoms with Crippen molar-refractivity contribution in [3.05, 3.63) is 0 Å². The molecule has 0 aromatic heterocycles. The summed E-state index contributed by atoms with van der Waals surface area (Å²) >= 11 is 0. The minimum atomic E-state index is -3.42. The molecular formula is C7H15NO4S. The number of hydrogen-bond acceptors (Lipinski definition) is 3. The van der Waals surface area contributed by atoms with Crippen LogP contribution in [0.25, 0.3) is 0 Å². The van der Waals surface area contributed by atoms with Gasteiger partial charge >= 0.3 is 5.97 Å². The van der Waals surface area contributed by atoms with Gasteiger partial charge in [-0.25, -0.2) is 13.1 Å². The number of aliphatic carboxylic acids is 1. The lowest BCUT2D eigenvalue weighted by atomic mass is 10.4. The summed E-state index contributed by atoms with van der Waals surface area (Å²) in [7, 11) is -3.42.